The Morgan fingerprint density at radius 3 is 2.00 bits per heavy atom. The summed E-state index contributed by atoms with van der Waals surface area (Å²) in [7, 11) is 3.26. The number of rotatable bonds is 7. The highest BCUT2D eigenvalue weighted by molar-refractivity contribution is 6.04. The van der Waals surface area contributed by atoms with Gasteiger partial charge in [0.1, 0.15) is 11.5 Å². The van der Waals surface area contributed by atoms with E-state index in [4.69, 9.17) is 9.47 Å². The van der Waals surface area contributed by atoms with Crippen molar-refractivity contribution >= 4 is 34.7 Å². The molecule has 2 aliphatic rings. The number of para-hydroxylation sites is 4. The summed E-state index contributed by atoms with van der Waals surface area (Å²) in [4.78, 5) is 33.1. The summed E-state index contributed by atoms with van der Waals surface area (Å²) < 4.78 is 10.9. The van der Waals surface area contributed by atoms with Gasteiger partial charge in [-0.15, -0.1) is 0 Å². The van der Waals surface area contributed by atoms with E-state index >= 15 is 0 Å². The number of carbonyl (C=O) groups is 2. The molecular weight excluding hydrogens is 506 g/mol. The maximum atomic E-state index is 13.8. The minimum atomic E-state index is -0.404. The summed E-state index contributed by atoms with van der Waals surface area (Å²) in [6, 6.07) is 20.5. The van der Waals surface area contributed by atoms with Crippen LogP contribution in [0.3, 0.4) is 0 Å². The first-order valence-corrected chi connectivity index (χ1v) is 13.8. The van der Waals surface area contributed by atoms with Gasteiger partial charge in [0.05, 0.1) is 31.2 Å². The van der Waals surface area contributed by atoms with Crippen LogP contribution in [0.2, 0.25) is 0 Å². The van der Waals surface area contributed by atoms with Crippen LogP contribution in [-0.2, 0) is 0 Å². The highest BCUT2D eigenvalue weighted by Gasteiger charge is 2.26. The van der Waals surface area contributed by atoms with E-state index in [1.807, 2.05) is 47.4 Å². The Kier molecular flexibility index (Phi) is 8.59. The van der Waals surface area contributed by atoms with Crippen LogP contribution in [0.4, 0.5) is 27.5 Å². The van der Waals surface area contributed by atoms with Gasteiger partial charge < -0.3 is 34.8 Å². The maximum Gasteiger partial charge on any atom is 0.323 e. The highest BCUT2D eigenvalue weighted by atomic mass is 16.5. The van der Waals surface area contributed by atoms with Crippen molar-refractivity contribution in [2.75, 3.05) is 73.9 Å². The number of likely N-dealkylation sites (tertiary alicyclic amines) is 1. The van der Waals surface area contributed by atoms with E-state index in [9.17, 15) is 9.59 Å². The molecule has 210 valence electrons. The number of urea groups is 1. The molecule has 0 atom stereocenters. The molecule has 0 unspecified atom stereocenters. The van der Waals surface area contributed by atoms with Crippen molar-refractivity contribution in [1.82, 2.24) is 4.90 Å². The number of nitrogens with one attached hydrogen (secondary N) is 2. The van der Waals surface area contributed by atoms with Gasteiger partial charge in [-0.05, 0) is 61.7 Å². The lowest BCUT2D eigenvalue weighted by Crippen LogP contribution is -2.47. The number of ether oxygens (including phenoxy) is 2. The van der Waals surface area contributed by atoms with E-state index in [0.717, 1.165) is 75.7 Å². The third kappa shape index (κ3) is 6.09. The van der Waals surface area contributed by atoms with Crippen molar-refractivity contribution in [2.24, 2.45) is 0 Å². The minimum Gasteiger partial charge on any atom is -0.495 e. The van der Waals surface area contributed by atoms with Gasteiger partial charge in [-0.1, -0.05) is 24.3 Å². The minimum absolute atomic E-state index is 0.00986. The normalized spacial score (nSPS) is 15.4. The average Bonchev–Trinajstić information content (AvgIpc) is 3.01. The first kappa shape index (κ1) is 27.2. The molecule has 2 N–H and O–H groups in total. The quantitative estimate of drug-likeness (QED) is 0.421. The van der Waals surface area contributed by atoms with Gasteiger partial charge in [-0.25, -0.2) is 4.79 Å². The van der Waals surface area contributed by atoms with Gasteiger partial charge in [0.25, 0.3) is 5.91 Å². The van der Waals surface area contributed by atoms with E-state index in [1.165, 1.54) is 0 Å². The highest BCUT2D eigenvalue weighted by Crippen LogP contribution is 2.32. The van der Waals surface area contributed by atoms with E-state index in [0.29, 0.717) is 22.7 Å². The molecule has 2 heterocycles. The molecule has 0 aliphatic carbocycles. The van der Waals surface area contributed by atoms with Gasteiger partial charge in [-0.2, -0.15) is 0 Å². The fourth-order valence-electron chi connectivity index (χ4n) is 5.44. The molecule has 3 aromatic carbocycles. The van der Waals surface area contributed by atoms with Crippen LogP contribution in [0, 0.1) is 0 Å². The lowest BCUT2D eigenvalue weighted by atomic mass is 10.1. The maximum absolute atomic E-state index is 13.8. The molecule has 2 aliphatic heterocycles. The van der Waals surface area contributed by atoms with Crippen molar-refractivity contribution in [3.63, 3.8) is 0 Å². The number of methoxy groups -OCH3 is 2. The molecular formula is C31H37N5O4. The van der Waals surface area contributed by atoms with Crippen molar-refractivity contribution in [3.8, 4) is 11.5 Å². The van der Waals surface area contributed by atoms with Gasteiger partial charge in [0, 0.05) is 50.6 Å². The summed E-state index contributed by atoms with van der Waals surface area (Å²) in [5.41, 5.74) is 3.71. The van der Waals surface area contributed by atoms with Crippen LogP contribution in [0.1, 0.15) is 29.6 Å². The number of hydrogen-bond donors (Lipinski definition) is 2. The Morgan fingerprint density at radius 2 is 1.30 bits per heavy atom. The molecule has 0 bridgehead atoms. The standard InChI is InChI=1S/C31H37N5O4/c1-39-28-12-6-4-10-25(28)33-31(38)32-23-14-15-26(24(22-23)30(37)36-16-8-3-9-17-36)34-18-20-35(21-19-34)27-11-5-7-13-29(27)40-2/h4-7,10-15,22H,3,8-9,16-21H2,1-2H3,(H2,32,33,38). The number of benzene rings is 3. The second-order valence-electron chi connectivity index (χ2n) is 10.0. The topological polar surface area (TPSA) is 86.4 Å². The monoisotopic (exact) mass is 543 g/mol. The largest absolute Gasteiger partial charge is 0.495 e. The van der Waals surface area contributed by atoms with Crippen molar-refractivity contribution < 1.29 is 19.1 Å². The predicted octanol–water partition coefficient (Wildman–Crippen LogP) is 5.30. The summed E-state index contributed by atoms with van der Waals surface area (Å²) in [6.45, 7) is 4.65. The lowest BCUT2D eigenvalue weighted by molar-refractivity contribution is 0.0725. The number of amides is 3. The molecule has 9 heteroatoms. The summed E-state index contributed by atoms with van der Waals surface area (Å²) >= 11 is 0. The molecule has 9 nitrogen and oxygen atoms in total. The SMILES string of the molecule is COc1ccccc1NC(=O)Nc1ccc(N2CCN(c3ccccc3OC)CC2)c(C(=O)N2CCCCC2)c1. The first-order chi connectivity index (χ1) is 19.6. The van der Waals surface area contributed by atoms with Crippen LogP contribution in [0.5, 0.6) is 11.5 Å². The van der Waals surface area contributed by atoms with Gasteiger partial charge in [-0.3, -0.25) is 4.79 Å². The number of nitrogens with zero attached hydrogens (tertiary/aromatic N) is 3. The smallest absolute Gasteiger partial charge is 0.323 e. The number of anilines is 4. The zero-order valence-corrected chi connectivity index (χ0v) is 23.2. The molecule has 0 aromatic heterocycles. The van der Waals surface area contributed by atoms with E-state index in [1.54, 1.807) is 32.4 Å². The van der Waals surface area contributed by atoms with Crippen molar-refractivity contribution in [2.45, 2.75) is 19.3 Å². The van der Waals surface area contributed by atoms with Crippen LogP contribution >= 0.6 is 0 Å². The molecule has 40 heavy (non-hydrogen) atoms. The molecule has 3 amide bonds. The van der Waals surface area contributed by atoms with E-state index in [-0.39, 0.29) is 5.91 Å². The molecule has 2 saturated heterocycles. The Morgan fingerprint density at radius 1 is 0.675 bits per heavy atom. The zero-order chi connectivity index (χ0) is 27.9. The Balaban J connectivity index is 1.35. The lowest BCUT2D eigenvalue weighted by Gasteiger charge is -2.39. The summed E-state index contributed by atoms with van der Waals surface area (Å²) in [6.07, 6.45) is 3.17. The van der Waals surface area contributed by atoms with Gasteiger partial charge in [0.2, 0.25) is 0 Å². The Bertz CT molecular complexity index is 1330. The van der Waals surface area contributed by atoms with Crippen LogP contribution in [-0.4, -0.2) is 70.3 Å². The second-order valence-corrected chi connectivity index (χ2v) is 10.0. The van der Waals surface area contributed by atoms with Gasteiger partial charge in [0.15, 0.2) is 0 Å². The molecule has 2 fully saturated rings. The molecule has 3 aromatic rings. The fraction of sp³-hybridized carbons (Fsp3) is 0.355. The molecule has 0 radical (unpaired) electrons. The van der Waals surface area contributed by atoms with Crippen LogP contribution in [0.25, 0.3) is 0 Å². The average molecular weight is 544 g/mol. The third-order valence-corrected chi connectivity index (χ3v) is 7.53. The third-order valence-electron chi connectivity index (χ3n) is 7.53. The zero-order valence-electron chi connectivity index (χ0n) is 23.2. The molecule has 0 spiro atoms. The fourth-order valence-corrected chi connectivity index (χ4v) is 5.44. The number of piperidine rings is 1. The summed E-state index contributed by atoms with van der Waals surface area (Å²) in [5, 5.41) is 5.73. The van der Waals surface area contributed by atoms with Crippen LogP contribution in [0.15, 0.2) is 66.7 Å². The van der Waals surface area contributed by atoms with E-state index in [2.05, 4.69) is 26.5 Å². The van der Waals surface area contributed by atoms with Crippen molar-refractivity contribution in [1.29, 1.82) is 0 Å². The van der Waals surface area contributed by atoms with Crippen molar-refractivity contribution in [3.05, 3.63) is 72.3 Å². The predicted molar refractivity (Wildman–Crippen MR) is 159 cm³/mol. The summed E-state index contributed by atoms with van der Waals surface area (Å²) in [5.74, 6) is 1.44. The first-order valence-electron chi connectivity index (χ1n) is 13.8. The molecule has 0 saturated carbocycles. The van der Waals surface area contributed by atoms with Gasteiger partial charge >= 0.3 is 6.03 Å². The number of carbonyl (C=O) groups excluding carboxylic acids is 2. The second kappa shape index (κ2) is 12.6. The molecule has 5 rings (SSSR count). The van der Waals surface area contributed by atoms with E-state index < -0.39 is 6.03 Å². The Hall–Kier alpha value is -4.40. The van der Waals surface area contributed by atoms with Crippen LogP contribution < -0.4 is 29.9 Å². The number of piperazine rings is 1. The number of hydrogen-bond acceptors (Lipinski definition) is 6. The Labute approximate surface area is 235 Å².